The average Bonchev–Trinajstić information content (AvgIpc) is 2.34. The van der Waals surface area contributed by atoms with Crippen molar-refractivity contribution in [3.8, 4) is 0 Å². The molecule has 0 aromatic carbocycles. The van der Waals surface area contributed by atoms with E-state index in [9.17, 15) is 0 Å². The molecule has 0 saturated carbocycles. The quantitative estimate of drug-likeness (QED) is 0.582. The van der Waals surface area contributed by atoms with Gasteiger partial charge in [-0.15, -0.1) is 0 Å². The predicted molar refractivity (Wildman–Crippen MR) is 54.8 cm³/mol. The van der Waals surface area contributed by atoms with Crippen molar-refractivity contribution in [2.75, 3.05) is 13.6 Å². The summed E-state index contributed by atoms with van der Waals surface area (Å²) in [6.45, 7) is 5.75. The maximum absolute atomic E-state index is 5.75. The Kier molecular flexibility index (Phi) is 4.53. The molecule has 0 unspecified atom stereocenters. The zero-order valence-electron chi connectivity index (χ0n) is 7.81. The summed E-state index contributed by atoms with van der Waals surface area (Å²) in [5.41, 5.74) is 0.297. The molecule has 0 spiro atoms. The van der Waals surface area contributed by atoms with Crippen molar-refractivity contribution in [3.05, 3.63) is 0 Å². The summed E-state index contributed by atoms with van der Waals surface area (Å²) in [6, 6.07) is 0. The van der Waals surface area contributed by atoms with E-state index in [1.807, 2.05) is 0 Å². The predicted octanol–water partition coefficient (Wildman–Crippen LogP) is -0.770. The number of hydrogen-bond donors (Lipinski definition) is 0. The zero-order chi connectivity index (χ0) is 9.19. The number of halogens is 2. The Morgan fingerprint density at radius 2 is 2.33 bits per heavy atom. The standard InChI is InChI=1S/C8H16I2NO/c1-7(12-10-9)8(2)5-4-6-11(8)3/h7H,4-6H2,1-3H3/q-1/t7-,8-/m0/s1. The van der Waals surface area contributed by atoms with Gasteiger partial charge < -0.3 is 0 Å². The van der Waals surface area contributed by atoms with E-state index >= 15 is 0 Å². The monoisotopic (exact) mass is 396 g/mol. The Balaban J connectivity index is 2.56. The third-order valence-corrected chi connectivity index (χ3v) is 5.34. The van der Waals surface area contributed by atoms with Crippen molar-refractivity contribution in [2.24, 2.45) is 0 Å². The Labute approximate surface area is 95.4 Å². The molecule has 0 aromatic heterocycles. The summed E-state index contributed by atoms with van der Waals surface area (Å²) in [5.74, 6) is 0. The van der Waals surface area contributed by atoms with Gasteiger partial charge in [-0.25, -0.2) is 0 Å². The van der Waals surface area contributed by atoms with Gasteiger partial charge in [-0.05, 0) is 0 Å². The number of likely N-dealkylation sites (N-methyl/N-ethyl adjacent to an activating group) is 1. The van der Waals surface area contributed by atoms with E-state index in [2.05, 4.69) is 44.4 Å². The second-order valence-electron chi connectivity index (χ2n) is 3.67. The van der Waals surface area contributed by atoms with Crippen LogP contribution in [0.15, 0.2) is 0 Å². The van der Waals surface area contributed by atoms with Crippen LogP contribution in [-0.2, 0) is 3.07 Å². The first-order valence-corrected chi connectivity index (χ1v) is 11.4. The number of likely N-dealkylation sites (tertiary alicyclic amines) is 1. The Morgan fingerprint density at radius 3 is 2.75 bits per heavy atom. The normalized spacial score (nSPS) is 34.3. The van der Waals surface area contributed by atoms with Crippen LogP contribution >= 0.6 is 18.6 Å². The van der Waals surface area contributed by atoms with E-state index in [-0.39, 0.29) is 17.6 Å². The van der Waals surface area contributed by atoms with Gasteiger partial charge in [0.05, 0.1) is 0 Å². The second-order valence-corrected chi connectivity index (χ2v) is 6.75. The topological polar surface area (TPSA) is 12.5 Å². The molecule has 12 heavy (non-hydrogen) atoms. The first-order valence-electron chi connectivity index (χ1n) is 4.24. The molecule has 1 rings (SSSR count). The molecular formula is C8H16I2NO-. The summed E-state index contributed by atoms with van der Waals surface area (Å²) in [5, 5.41) is 0. The number of rotatable bonds is 3. The molecule has 1 aliphatic rings. The molecule has 0 N–H and O–H groups in total. The first kappa shape index (κ1) is 11.5. The van der Waals surface area contributed by atoms with Gasteiger partial charge in [-0.1, -0.05) is 0 Å². The summed E-state index contributed by atoms with van der Waals surface area (Å²) in [6.07, 6.45) is 3.00. The average molecular weight is 396 g/mol. The molecule has 4 heteroatoms. The Hall–Kier alpha value is 1.38. The first-order chi connectivity index (χ1) is 5.61. The fraction of sp³-hybridized carbons (Fsp3) is 1.00. The van der Waals surface area contributed by atoms with E-state index < -0.39 is 0 Å². The van der Waals surface area contributed by atoms with Crippen LogP contribution in [-0.4, -0.2) is 30.1 Å². The summed E-state index contributed by atoms with van der Waals surface area (Å²) >= 11 is 2.31. The van der Waals surface area contributed by atoms with Gasteiger partial charge in [0, 0.05) is 0 Å². The molecule has 1 heterocycles. The van der Waals surface area contributed by atoms with Gasteiger partial charge in [-0.2, -0.15) is 0 Å². The van der Waals surface area contributed by atoms with Gasteiger partial charge >= 0.3 is 96.2 Å². The van der Waals surface area contributed by atoms with Gasteiger partial charge in [0.15, 0.2) is 0 Å². The van der Waals surface area contributed by atoms with Crippen molar-refractivity contribution >= 4 is 18.6 Å². The molecule has 0 aliphatic carbocycles. The van der Waals surface area contributed by atoms with E-state index in [0.29, 0.717) is 11.6 Å². The van der Waals surface area contributed by atoms with Crippen molar-refractivity contribution in [3.63, 3.8) is 0 Å². The van der Waals surface area contributed by atoms with Crippen LogP contribution in [0.2, 0.25) is 0 Å². The molecule has 0 aromatic rings. The molecule has 2 nitrogen and oxygen atoms in total. The van der Waals surface area contributed by atoms with Crippen LogP contribution in [0.5, 0.6) is 0 Å². The van der Waals surface area contributed by atoms with E-state index in [1.54, 1.807) is 0 Å². The molecular weight excluding hydrogens is 380 g/mol. The van der Waals surface area contributed by atoms with Crippen molar-refractivity contribution in [1.82, 2.24) is 4.90 Å². The van der Waals surface area contributed by atoms with Crippen molar-refractivity contribution in [2.45, 2.75) is 38.3 Å². The Bertz CT molecular complexity index is 156. The molecule has 1 aliphatic heterocycles. The fourth-order valence-electron chi connectivity index (χ4n) is 1.78. The van der Waals surface area contributed by atoms with Crippen LogP contribution in [0, 0.1) is 0 Å². The summed E-state index contributed by atoms with van der Waals surface area (Å²) in [7, 11) is 2.21. The third-order valence-electron chi connectivity index (χ3n) is 3.09. The molecule has 0 bridgehead atoms. The summed E-state index contributed by atoms with van der Waals surface area (Å²) in [4.78, 5) is 2.44. The van der Waals surface area contributed by atoms with Crippen LogP contribution in [0.25, 0.3) is 0 Å². The minimum absolute atomic E-state index is 0.0594. The van der Waals surface area contributed by atoms with Crippen LogP contribution in [0.3, 0.4) is 0 Å². The molecule has 0 radical (unpaired) electrons. The molecule has 1 saturated heterocycles. The van der Waals surface area contributed by atoms with Crippen molar-refractivity contribution in [1.29, 1.82) is 0 Å². The molecule has 74 valence electrons. The van der Waals surface area contributed by atoms with E-state index in [1.165, 1.54) is 19.4 Å². The van der Waals surface area contributed by atoms with Gasteiger partial charge in [0.1, 0.15) is 0 Å². The minimum atomic E-state index is -0.0594. The van der Waals surface area contributed by atoms with Crippen LogP contribution in [0.1, 0.15) is 26.7 Å². The molecule has 0 amide bonds. The number of hydrogen-bond acceptors (Lipinski definition) is 2. The van der Waals surface area contributed by atoms with Crippen LogP contribution < -0.4 is 17.6 Å². The van der Waals surface area contributed by atoms with Crippen molar-refractivity contribution < 1.29 is 20.7 Å². The fourth-order valence-corrected chi connectivity index (χ4v) is 4.55. The van der Waals surface area contributed by atoms with Gasteiger partial charge in [0.25, 0.3) is 0 Å². The third kappa shape index (κ3) is 2.24. The van der Waals surface area contributed by atoms with E-state index in [0.717, 1.165) is 0 Å². The summed E-state index contributed by atoms with van der Waals surface area (Å²) < 4.78 is 5.75. The maximum atomic E-state index is 5.75. The second kappa shape index (κ2) is 4.75. The Morgan fingerprint density at radius 1 is 1.67 bits per heavy atom. The molecule has 2 atom stereocenters. The van der Waals surface area contributed by atoms with Gasteiger partial charge in [-0.3, -0.25) is 0 Å². The van der Waals surface area contributed by atoms with E-state index in [4.69, 9.17) is 3.07 Å². The SMILES string of the molecule is C[C@H](O[I-]I)[C@]1(C)CCCN1C. The van der Waals surface area contributed by atoms with Gasteiger partial charge in [0.2, 0.25) is 0 Å². The zero-order valence-corrected chi connectivity index (χ0v) is 12.1. The number of nitrogens with zero attached hydrogens (tertiary/aromatic N) is 1. The van der Waals surface area contributed by atoms with Crippen LogP contribution in [0.4, 0.5) is 0 Å². The molecule has 1 fully saturated rings.